The van der Waals surface area contributed by atoms with Crippen LogP contribution in [-0.4, -0.2) is 0 Å². The maximum absolute atomic E-state index is 8.42. The quantitative estimate of drug-likeness (QED) is 0.558. The minimum absolute atomic E-state index is 0. The van der Waals surface area contributed by atoms with Crippen LogP contribution in [0.1, 0.15) is 0 Å². The first-order chi connectivity index (χ1) is 1.00. The Kier molecular flexibility index (Phi) is 73.5. The van der Waals surface area contributed by atoms with Crippen molar-refractivity contribution in [3.63, 3.8) is 0 Å². The summed E-state index contributed by atoms with van der Waals surface area (Å²) in [5.41, 5.74) is 0. The summed E-state index contributed by atoms with van der Waals surface area (Å²) in [6.07, 6.45) is 0. The van der Waals surface area contributed by atoms with Crippen LogP contribution >= 0.6 is 0 Å². The van der Waals surface area contributed by atoms with Crippen LogP contribution in [0.5, 0.6) is 0 Å². The van der Waals surface area contributed by atoms with Crippen molar-refractivity contribution in [3.8, 4) is 0 Å². The fourth-order valence-electron chi connectivity index (χ4n) is 0. The van der Waals surface area contributed by atoms with E-state index in [-0.39, 0.29) is 75.5 Å². The molecular weight excluding hydrogens is 349 g/mol. The Morgan fingerprint density at radius 1 is 1.25 bits per heavy atom. The molecular formula is AgCd2O. The zero-order valence-electron chi connectivity index (χ0n) is 2.12. The zero-order chi connectivity index (χ0) is 2.00. The van der Waals surface area contributed by atoms with E-state index in [0.717, 1.165) is 0 Å². The summed E-state index contributed by atoms with van der Waals surface area (Å²) in [6.45, 7) is 0. The van der Waals surface area contributed by atoms with E-state index in [1.807, 2.05) is 0 Å². The van der Waals surface area contributed by atoms with E-state index in [9.17, 15) is 0 Å². The van der Waals surface area contributed by atoms with Gasteiger partial charge in [-0.2, -0.15) is 0 Å². The van der Waals surface area contributed by atoms with Crippen LogP contribution in [-0.2, 0) is 78.1 Å². The van der Waals surface area contributed by atoms with Crippen LogP contribution in [0, 0.1) is 0 Å². The molecule has 0 saturated carbocycles. The zero-order valence-corrected chi connectivity index (χ0v) is 11.7. The Labute approximate surface area is 76.7 Å². The molecule has 0 amide bonds. The Hall–Kier alpha value is 2.38. The molecule has 21 valence electrons. The van der Waals surface area contributed by atoms with E-state index in [1.54, 1.807) is 0 Å². The molecule has 4 heteroatoms. The third-order valence-electron chi connectivity index (χ3n) is 0. The summed E-state index contributed by atoms with van der Waals surface area (Å²) in [5, 5.41) is 0. The van der Waals surface area contributed by atoms with Crippen LogP contribution in [0.15, 0.2) is 0 Å². The average Bonchev–Trinajstić information content (AvgIpc) is 1.00. The van der Waals surface area contributed by atoms with Gasteiger partial charge in [-0.3, -0.25) is 0 Å². The maximum atomic E-state index is 8.42. The molecule has 0 atom stereocenters. The van der Waals surface area contributed by atoms with Gasteiger partial charge in [-0.15, -0.1) is 0 Å². The first-order valence-corrected chi connectivity index (χ1v) is 1.94. The molecule has 0 aromatic carbocycles. The van der Waals surface area contributed by atoms with Crippen molar-refractivity contribution in [3.05, 3.63) is 0 Å². The van der Waals surface area contributed by atoms with Gasteiger partial charge >= 0.3 is 28.5 Å². The number of hydrogen-bond acceptors (Lipinski definition) is 1. The molecule has 0 spiro atoms. The van der Waals surface area contributed by atoms with Crippen molar-refractivity contribution < 1.29 is 78.1 Å². The van der Waals surface area contributed by atoms with Gasteiger partial charge in [-0.05, 0) is 0 Å². The van der Waals surface area contributed by atoms with Crippen molar-refractivity contribution in [1.82, 2.24) is 0 Å². The predicted octanol–water partition coefficient (Wildman–Crippen LogP) is -0.126. The Balaban J connectivity index is -0.00000000500. The summed E-state index contributed by atoms with van der Waals surface area (Å²) >= 11 is -0.1000. The van der Waals surface area contributed by atoms with Gasteiger partial charge in [0.05, 0.1) is 0 Å². The van der Waals surface area contributed by atoms with Crippen molar-refractivity contribution in [2.75, 3.05) is 0 Å². The van der Waals surface area contributed by atoms with Gasteiger partial charge in [0, 0.05) is 49.7 Å². The molecule has 0 aromatic rings. The van der Waals surface area contributed by atoms with Gasteiger partial charge in [-0.1, -0.05) is 0 Å². The monoisotopic (exact) mass is 351 g/mol. The van der Waals surface area contributed by atoms with Gasteiger partial charge in [0.15, 0.2) is 0 Å². The van der Waals surface area contributed by atoms with Crippen LogP contribution in [0.25, 0.3) is 0 Å². The van der Waals surface area contributed by atoms with E-state index in [1.165, 1.54) is 0 Å². The van der Waals surface area contributed by atoms with E-state index < -0.39 is 0 Å². The Morgan fingerprint density at radius 2 is 1.25 bits per heavy atom. The molecule has 0 unspecified atom stereocenters. The minimum atomic E-state index is -0.1000. The second-order valence-corrected chi connectivity index (χ2v) is 0. The first-order valence-electron chi connectivity index (χ1n) is 0.289. The molecule has 4 heavy (non-hydrogen) atoms. The van der Waals surface area contributed by atoms with Crippen molar-refractivity contribution >= 4 is 0 Å². The molecule has 0 rings (SSSR count). The van der Waals surface area contributed by atoms with Gasteiger partial charge in [0.25, 0.3) is 0 Å². The Morgan fingerprint density at radius 3 is 1.25 bits per heavy atom. The fraction of sp³-hybridized carbons (Fsp3) is 0. The molecule has 0 heterocycles. The van der Waals surface area contributed by atoms with Crippen molar-refractivity contribution in [1.29, 1.82) is 0 Å². The summed E-state index contributed by atoms with van der Waals surface area (Å²) in [6, 6.07) is 0. The van der Waals surface area contributed by atoms with Crippen LogP contribution in [0.2, 0.25) is 0 Å². The molecule has 1 nitrogen and oxygen atoms in total. The van der Waals surface area contributed by atoms with Crippen molar-refractivity contribution in [2.24, 2.45) is 0 Å². The molecule has 0 bridgehead atoms. The SMILES string of the molecule is [Ag].[Cd].[O]=[Cd]. The van der Waals surface area contributed by atoms with Gasteiger partial charge in [-0.25, -0.2) is 0 Å². The van der Waals surface area contributed by atoms with E-state index >= 15 is 0 Å². The normalized spacial score (nSPS) is 1.50. The predicted molar refractivity (Wildman–Crippen MR) is 0.686 cm³/mol. The van der Waals surface area contributed by atoms with Crippen LogP contribution in [0.3, 0.4) is 0 Å². The number of rotatable bonds is 0. The van der Waals surface area contributed by atoms with Gasteiger partial charge in [0.2, 0.25) is 0 Å². The molecule has 0 aliphatic carbocycles. The molecule has 0 aromatic heterocycles. The van der Waals surface area contributed by atoms with Crippen molar-refractivity contribution in [2.45, 2.75) is 0 Å². The molecule has 0 fully saturated rings. The summed E-state index contributed by atoms with van der Waals surface area (Å²) < 4.78 is 8.42. The second-order valence-electron chi connectivity index (χ2n) is 0. The topological polar surface area (TPSA) is 17.1 Å². The molecule has 0 aliphatic rings. The standard InChI is InChI=1S/Ag.2Cd.O. The van der Waals surface area contributed by atoms with E-state index in [2.05, 4.69) is 0 Å². The summed E-state index contributed by atoms with van der Waals surface area (Å²) in [7, 11) is 0. The number of hydrogen-bond donors (Lipinski definition) is 0. The summed E-state index contributed by atoms with van der Waals surface area (Å²) in [4.78, 5) is 0. The first kappa shape index (κ1) is 16.2. The molecule has 0 aliphatic heterocycles. The third kappa shape index (κ3) is 8.83. The molecule has 0 N–H and O–H groups in total. The van der Waals surface area contributed by atoms with Gasteiger partial charge in [0.1, 0.15) is 0 Å². The summed E-state index contributed by atoms with van der Waals surface area (Å²) in [5.74, 6) is 0. The van der Waals surface area contributed by atoms with E-state index in [4.69, 9.17) is 2.69 Å². The Bertz CT molecular complexity index is 6.00. The van der Waals surface area contributed by atoms with E-state index in [0.29, 0.717) is 0 Å². The van der Waals surface area contributed by atoms with Gasteiger partial charge < -0.3 is 0 Å². The fourth-order valence-corrected chi connectivity index (χ4v) is 0. The van der Waals surface area contributed by atoms with Crippen LogP contribution < -0.4 is 0 Å². The molecule has 1 radical (unpaired) electrons. The third-order valence-corrected chi connectivity index (χ3v) is 0. The van der Waals surface area contributed by atoms with Crippen LogP contribution in [0.4, 0.5) is 0 Å². The average molecular weight is 349 g/mol. The second kappa shape index (κ2) is 18.2. The molecule has 0 saturated heterocycles.